The molecule has 3 nitrogen and oxygen atoms in total. The molecule has 0 heterocycles. The van der Waals surface area contributed by atoms with Crippen LogP contribution in [0.15, 0.2) is 34.8 Å². The summed E-state index contributed by atoms with van der Waals surface area (Å²) in [5.41, 5.74) is 8.10. The van der Waals surface area contributed by atoms with Crippen LogP contribution in [-0.4, -0.2) is 5.91 Å². The number of hydrogen-bond donors (Lipinski definition) is 2. The van der Waals surface area contributed by atoms with E-state index in [9.17, 15) is 4.79 Å². The van der Waals surface area contributed by atoms with Crippen molar-refractivity contribution in [2.75, 3.05) is 11.1 Å². The Bertz CT molecular complexity index is 689. The second-order valence-electron chi connectivity index (χ2n) is 4.27. The summed E-state index contributed by atoms with van der Waals surface area (Å²) in [6.07, 6.45) is 0. The third kappa shape index (κ3) is 3.26. The lowest BCUT2D eigenvalue weighted by atomic mass is 10.1. The van der Waals surface area contributed by atoms with E-state index in [2.05, 4.69) is 21.2 Å². The second kappa shape index (κ2) is 6.04. The van der Waals surface area contributed by atoms with Gasteiger partial charge in [0.05, 0.1) is 15.7 Å². The lowest BCUT2D eigenvalue weighted by molar-refractivity contribution is 0.102. The van der Waals surface area contributed by atoms with E-state index in [0.717, 1.165) is 10.0 Å². The van der Waals surface area contributed by atoms with Crippen LogP contribution in [-0.2, 0) is 0 Å². The number of halogens is 3. The largest absolute Gasteiger partial charge is 0.398 e. The summed E-state index contributed by atoms with van der Waals surface area (Å²) < 4.78 is 0.738. The molecule has 0 aliphatic carbocycles. The van der Waals surface area contributed by atoms with Crippen LogP contribution in [0.3, 0.4) is 0 Å². The molecular formula is C14H11BrCl2N2O. The zero-order valence-corrected chi connectivity index (χ0v) is 13.6. The van der Waals surface area contributed by atoms with Gasteiger partial charge in [-0.25, -0.2) is 0 Å². The SMILES string of the molecule is Cc1cc(N)c(Cl)cc1NC(=O)c1ccc(Br)c(Cl)c1. The number of nitrogens with one attached hydrogen (secondary N) is 1. The van der Waals surface area contributed by atoms with Crippen molar-refractivity contribution in [3.8, 4) is 0 Å². The van der Waals surface area contributed by atoms with E-state index in [4.69, 9.17) is 28.9 Å². The zero-order valence-electron chi connectivity index (χ0n) is 10.5. The molecule has 0 saturated carbocycles. The molecule has 0 aliphatic heterocycles. The summed E-state index contributed by atoms with van der Waals surface area (Å²) in [6.45, 7) is 1.84. The molecule has 2 aromatic rings. The first kappa shape index (κ1) is 15.2. The smallest absolute Gasteiger partial charge is 0.255 e. The maximum absolute atomic E-state index is 12.2. The fraction of sp³-hybridized carbons (Fsp3) is 0.0714. The minimum absolute atomic E-state index is 0.261. The molecule has 0 aliphatic rings. The average molecular weight is 374 g/mol. The fourth-order valence-electron chi connectivity index (χ4n) is 1.67. The molecule has 2 rings (SSSR count). The van der Waals surface area contributed by atoms with E-state index in [-0.39, 0.29) is 5.91 Å². The summed E-state index contributed by atoms with van der Waals surface area (Å²) in [6, 6.07) is 8.34. The number of hydrogen-bond acceptors (Lipinski definition) is 2. The van der Waals surface area contributed by atoms with Crippen molar-refractivity contribution in [2.45, 2.75) is 6.92 Å². The molecular weight excluding hydrogens is 363 g/mol. The maximum atomic E-state index is 12.2. The first-order valence-electron chi connectivity index (χ1n) is 5.70. The van der Waals surface area contributed by atoms with Crippen molar-refractivity contribution in [3.05, 3.63) is 56.0 Å². The Kier molecular flexibility index (Phi) is 4.58. The normalized spacial score (nSPS) is 10.4. The number of aryl methyl sites for hydroxylation is 1. The topological polar surface area (TPSA) is 55.1 Å². The Hall–Kier alpha value is -1.23. The molecule has 1 amide bonds. The summed E-state index contributed by atoms with van der Waals surface area (Å²) in [5, 5.41) is 3.67. The summed E-state index contributed by atoms with van der Waals surface area (Å²) in [7, 11) is 0. The Morgan fingerprint density at radius 3 is 2.55 bits per heavy atom. The van der Waals surface area contributed by atoms with Gasteiger partial charge in [-0.15, -0.1) is 0 Å². The van der Waals surface area contributed by atoms with E-state index >= 15 is 0 Å². The molecule has 2 aromatic carbocycles. The van der Waals surface area contributed by atoms with Gasteiger partial charge in [-0.3, -0.25) is 4.79 Å². The molecule has 0 atom stereocenters. The van der Waals surface area contributed by atoms with Gasteiger partial charge in [-0.05, 0) is 58.7 Å². The van der Waals surface area contributed by atoms with E-state index in [1.54, 1.807) is 30.3 Å². The molecule has 0 radical (unpaired) electrons. The van der Waals surface area contributed by atoms with Crippen LogP contribution in [0.4, 0.5) is 11.4 Å². The van der Waals surface area contributed by atoms with Gasteiger partial charge in [0.2, 0.25) is 0 Å². The standard InChI is InChI=1S/C14H11BrCl2N2O/c1-7-4-12(18)11(17)6-13(7)19-14(20)8-2-3-9(15)10(16)5-8/h2-6H,18H2,1H3,(H,19,20). The molecule has 6 heteroatoms. The minimum Gasteiger partial charge on any atom is -0.398 e. The maximum Gasteiger partial charge on any atom is 0.255 e. The number of nitrogens with two attached hydrogens (primary N) is 1. The highest BCUT2D eigenvalue weighted by Gasteiger charge is 2.11. The second-order valence-corrected chi connectivity index (χ2v) is 5.94. The monoisotopic (exact) mass is 372 g/mol. The molecule has 0 bridgehead atoms. The van der Waals surface area contributed by atoms with Gasteiger partial charge in [-0.1, -0.05) is 23.2 Å². The van der Waals surface area contributed by atoms with Crippen LogP contribution in [0.5, 0.6) is 0 Å². The minimum atomic E-state index is -0.261. The van der Waals surface area contributed by atoms with Gasteiger partial charge >= 0.3 is 0 Å². The van der Waals surface area contributed by atoms with Gasteiger partial charge in [0.15, 0.2) is 0 Å². The Balaban J connectivity index is 2.27. The predicted octanol–water partition coefficient (Wildman–Crippen LogP) is 4.90. The summed E-state index contributed by atoms with van der Waals surface area (Å²) >= 11 is 15.2. The van der Waals surface area contributed by atoms with Crippen LogP contribution in [0, 0.1) is 6.92 Å². The molecule has 3 N–H and O–H groups in total. The van der Waals surface area contributed by atoms with E-state index in [1.165, 1.54) is 0 Å². The first-order chi connectivity index (χ1) is 9.38. The van der Waals surface area contributed by atoms with Crippen molar-refractivity contribution in [1.82, 2.24) is 0 Å². The van der Waals surface area contributed by atoms with E-state index in [1.807, 2.05) is 6.92 Å². The number of rotatable bonds is 2. The van der Waals surface area contributed by atoms with Gasteiger partial charge in [0, 0.05) is 15.7 Å². The van der Waals surface area contributed by atoms with Gasteiger partial charge in [0.25, 0.3) is 5.91 Å². The highest BCUT2D eigenvalue weighted by atomic mass is 79.9. The lowest BCUT2D eigenvalue weighted by Crippen LogP contribution is -2.13. The third-order valence-electron chi connectivity index (χ3n) is 2.77. The summed E-state index contributed by atoms with van der Waals surface area (Å²) in [4.78, 5) is 12.2. The van der Waals surface area contributed by atoms with Gasteiger partial charge in [0.1, 0.15) is 0 Å². The molecule has 0 saturated heterocycles. The number of anilines is 2. The van der Waals surface area contributed by atoms with Crippen LogP contribution in [0.25, 0.3) is 0 Å². The van der Waals surface area contributed by atoms with Crippen molar-refractivity contribution < 1.29 is 4.79 Å². The first-order valence-corrected chi connectivity index (χ1v) is 7.25. The van der Waals surface area contributed by atoms with Gasteiger partial charge in [-0.2, -0.15) is 0 Å². The Morgan fingerprint density at radius 1 is 1.20 bits per heavy atom. The highest BCUT2D eigenvalue weighted by Crippen LogP contribution is 2.28. The Labute approximate surface area is 135 Å². The van der Waals surface area contributed by atoms with Crippen molar-refractivity contribution in [1.29, 1.82) is 0 Å². The molecule has 0 spiro atoms. The predicted molar refractivity (Wildman–Crippen MR) is 87.7 cm³/mol. The van der Waals surface area contributed by atoms with Crippen LogP contribution >= 0.6 is 39.1 Å². The molecule has 104 valence electrons. The van der Waals surface area contributed by atoms with E-state index < -0.39 is 0 Å². The fourth-order valence-corrected chi connectivity index (χ4v) is 2.26. The number of benzene rings is 2. The molecule has 0 unspecified atom stereocenters. The number of nitrogen functional groups attached to an aromatic ring is 1. The summed E-state index contributed by atoms with van der Waals surface area (Å²) in [5.74, 6) is -0.261. The number of carbonyl (C=O) groups excluding carboxylic acids is 1. The van der Waals surface area contributed by atoms with E-state index in [0.29, 0.717) is 27.0 Å². The van der Waals surface area contributed by atoms with Crippen LogP contribution in [0.2, 0.25) is 10.0 Å². The van der Waals surface area contributed by atoms with Crippen LogP contribution in [0.1, 0.15) is 15.9 Å². The number of amides is 1. The molecule has 20 heavy (non-hydrogen) atoms. The highest BCUT2D eigenvalue weighted by molar-refractivity contribution is 9.10. The molecule has 0 fully saturated rings. The van der Waals surface area contributed by atoms with Crippen molar-refractivity contribution in [2.24, 2.45) is 0 Å². The van der Waals surface area contributed by atoms with Crippen molar-refractivity contribution in [3.63, 3.8) is 0 Å². The van der Waals surface area contributed by atoms with Crippen LogP contribution < -0.4 is 11.1 Å². The third-order valence-corrected chi connectivity index (χ3v) is 4.33. The number of carbonyl (C=O) groups is 1. The molecule has 0 aromatic heterocycles. The lowest BCUT2D eigenvalue weighted by Gasteiger charge is -2.11. The zero-order chi connectivity index (χ0) is 14.9. The quantitative estimate of drug-likeness (QED) is 0.735. The average Bonchev–Trinajstić information content (AvgIpc) is 2.39. The van der Waals surface area contributed by atoms with Gasteiger partial charge < -0.3 is 11.1 Å². The van der Waals surface area contributed by atoms with Crippen molar-refractivity contribution >= 4 is 56.4 Å². The Morgan fingerprint density at radius 2 is 1.90 bits per heavy atom.